The van der Waals surface area contributed by atoms with Crippen molar-refractivity contribution in [2.45, 2.75) is 22.7 Å². The summed E-state index contributed by atoms with van der Waals surface area (Å²) in [7, 11) is 0. The van der Waals surface area contributed by atoms with Crippen molar-refractivity contribution in [3.8, 4) is 0 Å². The normalized spacial score (nSPS) is 16.5. The Morgan fingerprint density at radius 3 is 2.59 bits per heavy atom. The average molecular weight is 435 g/mol. The van der Waals surface area contributed by atoms with Crippen LogP contribution in [0.15, 0.2) is 41.3 Å². The van der Waals surface area contributed by atoms with Gasteiger partial charge in [0.1, 0.15) is 0 Å². The maximum atomic E-state index is 12.8. The molecule has 0 saturated carbocycles. The van der Waals surface area contributed by atoms with Gasteiger partial charge in [-0.1, -0.05) is 23.2 Å². The van der Waals surface area contributed by atoms with Crippen LogP contribution in [0.25, 0.3) is 0 Å². The molecule has 0 aromatic heterocycles. The first-order valence-corrected chi connectivity index (χ1v) is 9.21. The molecule has 1 aliphatic rings. The molecule has 0 unspecified atom stereocenters. The van der Waals surface area contributed by atoms with Gasteiger partial charge in [0.05, 0.1) is 27.2 Å². The molecule has 0 spiro atoms. The van der Waals surface area contributed by atoms with Crippen LogP contribution in [0.1, 0.15) is 12.0 Å². The smallest absolute Gasteiger partial charge is 0.325 e. The van der Waals surface area contributed by atoms with Crippen molar-refractivity contribution < 1.29 is 22.8 Å². The number of carbonyl (C=O) groups excluding carboxylic acids is 2. The van der Waals surface area contributed by atoms with Gasteiger partial charge in [-0.05, 0) is 36.4 Å². The molecule has 10 heteroatoms. The molecule has 2 amide bonds. The highest BCUT2D eigenvalue weighted by Gasteiger charge is 2.34. The first kappa shape index (κ1) is 19.9. The van der Waals surface area contributed by atoms with Gasteiger partial charge in [0.15, 0.2) is 0 Å². The topological polar surface area (TPSA) is 58.2 Å². The van der Waals surface area contributed by atoms with E-state index < -0.39 is 28.8 Å². The molecule has 2 aromatic carbocycles. The van der Waals surface area contributed by atoms with E-state index >= 15 is 0 Å². The van der Waals surface area contributed by atoms with E-state index in [0.717, 1.165) is 23.9 Å². The number of halogens is 5. The number of hydrogen-bond donors (Lipinski definition) is 2. The molecule has 2 aromatic rings. The fourth-order valence-electron chi connectivity index (χ4n) is 2.42. The van der Waals surface area contributed by atoms with E-state index in [-0.39, 0.29) is 17.1 Å². The second-order valence-corrected chi connectivity index (χ2v) is 7.77. The maximum Gasteiger partial charge on any atom is 0.416 e. The average Bonchev–Trinajstić information content (AvgIpc) is 2.57. The van der Waals surface area contributed by atoms with Crippen LogP contribution in [0.3, 0.4) is 0 Å². The molecule has 0 fully saturated rings. The van der Waals surface area contributed by atoms with E-state index in [4.69, 9.17) is 23.2 Å². The van der Waals surface area contributed by atoms with Crippen molar-refractivity contribution in [3.05, 3.63) is 52.0 Å². The number of anilines is 2. The van der Waals surface area contributed by atoms with Crippen LogP contribution in [-0.4, -0.2) is 17.1 Å². The first-order valence-electron chi connectivity index (χ1n) is 7.57. The van der Waals surface area contributed by atoms with Crippen LogP contribution in [0.5, 0.6) is 0 Å². The minimum absolute atomic E-state index is 0.0808. The van der Waals surface area contributed by atoms with Gasteiger partial charge in [-0.25, -0.2) is 0 Å². The van der Waals surface area contributed by atoms with E-state index in [9.17, 15) is 22.8 Å². The van der Waals surface area contributed by atoms with Gasteiger partial charge >= 0.3 is 6.18 Å². The third-order valence-electron chi connectivity index (χ3n) is 3.70. The van der Waals surface area contributed by atoms with Gasteiger partial charge in [-0.3, -0.25) is 9.59 Å². The SMILES string of the molecule is O=C(C[C@H]1Sc2ccc(C(F)(F)F)cc2NC1=O)Nc1ccc(Cl)cc1Cl. The Kier molecular flexibility index (Phi) is 5.60. The summed E-state index contributed by atoms with van der Waals surface area (Å²) in [6.45, 7) is 0. The summed E-state index contributed by atoms with van der Waals surface area (Å²) in [5, 5.41) is 4.90. The molecular formula is C17H11Cl2F3N2O2S. The molecule has 1 heterocycles. The number of hydrogen-bond acceptors (Lipinski definition) is 3. The number of alkyl halides is 3. The Hall–Kier alpha value is -1.90. The summed E-state index contributed by atoms with van der Waals surface area (Å²) in [5.41, 5.74) is -0.421. The van der Waals surface area contributed by atoms with E-state index in [1.54, 1.807) is 6.07 Å². The van der Waals surface area contributed by atoms with Gasteiger partial charge in [-0.15, -0.1) is 11.8 Å². The van der Waals surface area contributed by atoms with Crippen molar-refractivity contribution in [1.29, 1.82) is 0 Å². The lowest BCUT2D eigenvalue weighted by atomic mass is 10.1. The standard InChI is InChI=1S/C17H11Cl2F3N2O2S/c18-9-2-3-11(10(19)6-9)23-15(25)7-14-16(26)24-12-5-8(17(20,21)22)1-4-13(12)27-14/h1-6,14H,7H2,(H,23,25)(H,24,26)/t14-/m1/s1. The summed E-state index contributed by atoms with van der Waals surface area (Å²) in [6, 6.07) is 7.65. The van der Waals surface area contributed by atoms with Gasteiger partial charge in [0.2, 0.25) is 11.8 Å². The molecule has 3 rings (SSSR count). The number of nitrogens with one attached hydrogen (secondary N) is 2. The lowest BCUT2D eigenvalue weighted by molar-refractivity contribution is -0.137. The van der Waals surface area contributed by atoms with Crippen LogP contribution in [0.2, 0.25) is 10.0 Å². The highest BCUT2D eigenvalue weighted by molar-refractivity contribution is 8.01. The van der Waals surface area contributed by atoms with Gasteiger partial charge in [0.25, 0.3) is 0 Å². The lowest BCUT2D eigenvalue weighted by Gasteiger charge is -2.24. The first-order chi connectivity index (χ1) is 12.6. The predicted molar refractivity (Wildman–Crippen MR) is 99.4 cm³/mol. The second-order valence-electron chi connectivity index (χ2n) is 5.68. The fourth-order valence-corrected chi connectivity index (χ4v) is 3.97. The van der Waals surface area contributed by atoms with Crippen LogP contribution in [-0.2, 0) is 15.8 Å². The van der Waals surface area contributed by atoms with Crippen molar-refractivity contribution in [3.63, 3.8) is 0 Å². The van der Waals surface area contributed by atoms with Gasteiger partial charge < -0.3 is 10.6 Å². The number of thioether (sulfide) groups is 1. The minimum atomic E-state index is -4.50. The van der Waals surface area contributed by atoms with Crippen LogP contribution in [0.4, 0.5) is 24.5 Å². The number of amides is 2. The summed E-state index contributed by atoms with van der Waals surface area (Å²) in [4.78, 5) is 24.9. The Morgan fingerprint density at radius 2 is 1.93 bits per heavy atom. The molecule has 0 saturated heterocycles. The van der Waals surface area contributed by atoms with Crippen molar-refractivity contribution in [1.82, 2.24) is 0 Å². The van der Waals surface area contributed by atoms with E-state index in [1.165, 1.54) is 18.2 Å². The Morgan fingerprint density at radius 1 is 1.19 bits per heavy atom. The zero-order valence-corrected chi connectivity index (χ0v) is 15.7. The molecule has 0 radical (unpaired) electrons. The summed E-state index contributed by atoms with van der Waals surface area (Å²) >= 11 is 12.8. The minimum Gasteiger partial charge on any atom is -0.325 e. The summed E-state index contributed by atoms with van der Waals surface area (Å²) in [6.07, 6.45) is -4.67. The lowest BCUT2D eigenvalue weighted by Crippen LogP contribution is -2.32. The molecular weight excluding hydrogens is 424 g/mol. The third-order valence-corrected chi connectivity index (χ3v) is 5.53. The van der Waals surface area contributed by atoms with Crippen LogP contribution in [0, 0.1) is 0 Å². The van der Waals surface area contributed by atoms with Crippen LogP contribution < -0.4 is 10.6 Å². The molecule has 1 atom stereocenters. The molecule has 0 bridgehead atoms. The van der Waals surface area contributed by atoms with Crippen LogP contribution >= 0.6 is 35.0 Å². The number of fused-ring (bicyclic) bond motifs is 1. The molecule has 2 N–H and O–H groups in total. The third kappa shape index (κ3) is 4.69. The zero-order valence-electron chi connectivity index (χ0n) is 13.4. The largest absolute Gasteiger partial charge is 0.416 e. The molecule has 27 heavy (non-hydrogen) atoms. The monoisotopic (exact) mass is 434 g/mol. The zero-order chi connectivity index (χ0) is 19.8. The van der Waals surface area contributed by atoms with E-state index in [0.29, 0.717) is 15.6 Å². The molecule has 4 nitrogen and oxygen atoms in total. The molecule has 1 aliphatic heterocycles. The Bertz CT molecular complexity index is 922. The quantitative estimate of drug-likeness (QED) is 0.674. The van der Waals surface area contributed by atoms with Crippen molar-refractivity contribution >= 4 is 58.2 Å². The number of carbonyl (C=O) groups is 2. The highest BCUT2D eigenvalue weighted by atomic mass is 35.5. The second kappa shape index (κ2) is 7.61. The maximum absolute atomic E-state index is 12.8. The number of rotatable bonds is 3. The number of benzene rings is 2. The van der Waals surface area contributed by atoms with Gasteiger partial charge in [0, 0.05) is 16.3 Å². The summed E-state index contributed by atoms with van der Waals surface area (Å²) < 4.78 is 38.3. The Balaban J connectivity index is 1.70. The molecule has 0 aliphatic carbocycles. The molecule has 142 valence electrons. The predicted octanol–water partition coefficient (Wildman–Crippen LogP) is 5.45. The van der Waals surface area contributed by atoms with Crippen molar-refractivity contribution in [2.24, 2.45) is 0 Å². The summed E-state index contributed by atoms with van der Waals surface area (Å²) in [5.74, 6) is -0.994. The van der Waals surface area contributed by atoms with E-state index in [1.807, 2.05) is 0 Å². The highest BCUT2D eigenvalue weighted by Crippen LogP contribution is 2.40. The Labute approximate surface area is 166 Å². The van der Waals surface area contributed by atoms with E-state index in [2.05, 4.69) is 10.6 Å². The fraction of sp³-hybridized carbons (Fsp3) is 0.176. The van der Waals surface area contributed by atoms with Crippen molar-refractivity contribution in [2.75, 3.05) is 10.6 Å². The van der Waals surface area contributed by atoms with Gasteiger partial charge in [-0.2, -0.15) is 13.2 Å².